The minimum absolute atomic E-state index is 0.0444. The molecule has 0 saturated heterocycles. The third kappa shape index (κ3) is 5.20. The second-order valence-electron chi connectivity index (χ2n) is 6.38. The van der Waals surface area contributed by atoms with E-state index in [-0.39, 0.29) is 13.0 Å². The van der Waals surface area contributed by atoms with Crippen LogP contribution in [0.25, 0.3) is 10.8 Å². The molecule has 3 aromatic rings. The van der Waals surface area contributed by atoms with Crippen LogP contribution in [0.15, 0.2) is 65.6 Å². The van der Waals surface area contributed by atoms with Crippen molar-refractivity contribution in [2.45, 2.75) is 17.7 Å². The van der Waals surface area contributed by atoms with E-state index in [1.165, 1.54) is 11.9 Å². The highest BCUT2D eigenvalue weighted by Gasteiger charge is 2.17. The van der Waals surface area contributed by atoms with Gasteiger partial charge < -0.3 is 19.3 Å². The smallest absolute Gasteiger partial charge is 0.324 e. The van der Waals surface area contributed by atoms with Gasteiger partial charge in [0.2, 0.25) is 0 Å². The highest BCUT2D eigenvalue weighted by atomic mass is 32.2. The van der Waals surface area contributed by atoms with Crippen molar-refractivity contribution in [2.24, 2.45) is 0 Å². The fourth-order valence-electron chi connectivity index (χ4n) is 3.08. The first-order valence-electron chi connectivity index (χ1n) is 9.01. The zero-order chi connectivity index (χ0) is 20.8. The maximum absolute atomic E-state index is 11.5. The zero-order valence-corrected chi connectivity index (χ0v) is 16.7. The molecular weight excluding hydrogens is 390 g/mol. The second kappa shape index (κ2) is 9.34. The third-order valence-electron chi connectivity index (χ3n) is 4.42. The largest absolute Gasteiger partial charge is 0.497 e. The Morgan fingerprint density at radius 3 is 2.24 bits per heavy atom. The van der Waals surface area contributed by atoms with Crippen LogP contribution in [0.4, 0.5) is 5.69 Å². The van der Waals surface area contributed by atoms with Gasteiger partial charge in [-0.05, 0) is 59.7 Å². The molecule has 0 radical (unpaired) electrons. The van der Waals surface area contributed by atoms with Crippen molar-refractivity contribution in [1.82, 2.24) is 0 Å². The average Bonchev–Trinajstić information content (AvgIpc) is 2.71. The van der Waals surface area contributed by atoms with Gasteiger partial charge in [0, 0.05) is 16.7 Å². The molecule has 0 aliphatic heterocycles. The van der Waals surface area contributed by atoms with Crippen LogP contribution < -0.4 is 9.04 Å². The van der Waals surface area contributed by atoms with Crippen molar-refractivity contribution in [3.05, 3.63) is 66.2 Å². The first-order chi connectivity index (χ1) is 14.0. The first-order valence-corrected chi connectivity index (χ1v) is 9.79. The van der Waals surface area contributed by atoms with Gasteiger partial charge in [0.25, 0.3) is 0 Å². The van der Waals surface area contributed by atoms with Gasteiger partial charge in [-0.25, -0.2) is 0 Å². The minimum atomic E-state index is -0.940. The highest BCUT2D eigenvalue weighted by molar-refractivity contribution is 8.00. The SMILES string of the molecule is COc1ccc(SN(CC(=O)O)c2ccc(CCC(=O)O)c3ccccc23)cc1. The lowest BCUT2D eigenvalue weighted by molar-refractivity contribution is -0.137. The summed E-state index contributed by atoms with van der Waals surface area (Å²) in [5.74, 6) is -1.06. The topological polar surface area (TPSA) is 87.1 Å². The molecule has 29 heavy (non-hydrogen) atoms. The van der Waals surface area contributed by atoms with E-state index in [1.807, 2.05) is 60.7 Å². The number of ether oxygens (including phenoxy) is 1. The van der Waals surface area contributed by atoms with E-state index in [1.54, 1.807) is 11.4 Å². The molecule has 0 aliphatic rings. The van der Waals surface area contributed by atoms with Crippen LogP contribution in [0.2, 0.25) is 0 Å². The van der Waals surface area contributed by atoms with E-state index in [4.69, 9.17) is 9.84 Å². The number of hydrogen-bond donors (Lipinski definition) is 2. The fraction of sp³-hybridized carbons (Fsp3) is 0.182. The summed E-state index contributed by atoms with van der Waals surface area (Å²) in [5, 5.41) is 20.3. The van der Waals surface area contributed by atoms with E-state index >= 15 is 0 Å². The summed E-state index contributed by atoms with van der Waals surface area (Å²) in [6.45, 7) is -0.185. The Balaban J connectivity index is 1.99. The number of carbonyl (C=O) groups is 2. The molecule has 0 heterocycles. The summed E-state index contributed by atoms with van der Waals surface area (Å²) in [5.41, 5.74) is 1.69. The molecule has 0 bridgehead atoms. The molecule has 7 heteroatoms. The number of carboxylic acids is 2. The van der Waals surface area contributed by atoms with Crippen LogP contribution >= 0.6 is 11.9 Å². The lowest BCUT2D eigenvalue weighted by atomic mass is 9.99. The molecule has 3 aromatic carbocycles. The van der Waals surface area contributed by atoms with Crippen LogP contribution in [0.3, 0.4) is 0 Å². The average molecular weight is 411 g/mol. The maximum atomic E-state index is 11.5. The number of nitrogens with zero attached hydrogens (tertiary/aromatic N) is 1. The molecule has 6 nitrogen and oxygen atoms in total. The van der Waals surface area contributed by atoms with Gasteiger partial charge in [-0.1, -0.05) is 30.3 Å². The summed E-state index contributed by atoms with van der Waals surface area (Å²) < 4.78 is 6.90. The molecule has 0 aliphatic carbocycles. The van der Waals surface area contributed by atoms with Crippen LogP contribution in [0, 0.1) is 0 Å². The van der Waals surface area contributed by atoms with Crippen molar-refractivity contribution in [3.63, 3.8) is 0 Å². The Bertz CT molecular complexity index is 1020. The van der Waals surface area contributed by atoms with Crippen LogP contribution in [0.5, 0.6) is 5.75 Å². The van der Waals surface area contributed by atoms with Crippen LogP contribution in [-0.4, -0.2) is 35.8 Å². The van der Waals surface area contributed by atoms with Crippen molar-refractivity contribution in [1.29, 1.82) is 0 Å². The summed E-state index contributed by atoms with van der Waals surface area (Å²) in [4.78, 5) is 23.4. The maximum Gasteiger partial charge on any atom is 0.324 e. The quantitative estimate of drug-likeness (QED) is 0.503. The van der Waals surface area contributed by atoms with Crippen LogP contribution in [-0.2, 0) is 16.0 Å². The monoisotopic (exact) mass is 411 g/mol. The molecule has 3 rings (SSSR count). The minimum Gasteiger partial charge on any atom is -0.497 e. The van der Waals surface area contributed by atoms with Crippen molar-refractivity contribution in [2.75, 3.05) is 18.0 Å². The molecule has 0 aromatic heterocycles. The predicted octanol–water partition coefficient (Wildman–Crippen LogP) is 4.46. The van der Waals surface area contributed by atoms with Gasteiger partial charge in [0.1, 0.15) is 12.3 Å². The summed E-state index contributed by atoms with van der Waals surface area (Å²) >= 11 is 1.33. The lowest BCUT2D eigenvalue weighted by Gasteiger charge is -2.24. The molecule has 150 valence electrons. The number of fused-ring (bicyclic) bond motifs is 1. The van der Waals surface area contributed by atoms with E-state index in [0.29, 0.717) is 6.42 Å². The normalized spacial score (nSPS) is 10.7. The van der Waals surface area contributed by atoms with Gasteiger partial charge in [-0.3, -0.25) is 9.59 Å². The standard InChI is InChI=1S/C22H21NO5S/c1-28-16-8-10-17(11-9-16)29-23(14-22(26)27)20-12-6-15(7-13-21(24)25)18-4-2-3-5-19(18)20/h2-6,8-12H,7,13-14H2,1H3,(H,24,25)(H,26,27). The van der Waals surface area contributed by atoms with Crippen molar-refractivity contribution in [3.8, 4) is 5.75 Å². The number of anilines is 1. The first kappa shape index (κ1) is 20.5. The molecule has 0 atom stereocenters. The number of rotatable bonds is 9. The van der Waals surface area contributed by atoms with E-state index in [2.05, 4.69) is 0 Å². The fourth-order valence-corrected chi connectivity index (χ4v) is 4.02. The molecule has 0 fully saturated rings. The Hall–Kier alpha value is -3.19. The number of carboxylic acid groups (broad SMARTS) is 2. The van der Waals surface area contributed by atoms with Gasteiger partial charge in [-0.15, -0.1) is 0 Å². The number of aryl methyl sites for hydroxylation is 1. The highest BCUT2D eigenvalue weighted by Crippen LogP contribution is 2.36. The van der Waals surface area contributed by atoms with E-state index in [9.17, 15) is 14.7 Å². The molecule has 0 spiro atoms. The Labute approximate surface area is 172 Å². The number of methoxy groups -OCH3 is 1. The predicted molar refractivity (Wildman–Crippen MR) is 114 cm³/mol. The van der Waals surface area contributed by atoms with E-state index < -0.39 is 11.9 Å². The second-order valence-corrected chi connectivity index (χ2v) is 7.48. The number of benzene rings is 3. The zero-order valence-electron chi connectivity index (χ0n) is 15.9. The molecular formula is C22H21NO5S. The third-order valence-corrected chi connectivity index (χ3v) is 5.45. The van der Waals surface area contributed by atoms with Crippen molar-refractivity contribution >= 4 is 40.3 Å². The van der Waals surface area contributed by atoms with Gasteiger partial charge in [0.05, 0.1) is 12.8 Å². The number of aliphatic carboxylic acids is 2. The summed E-state index contributed by atoms with van der Waals surface area (Å²) in [7, 11) is 1.59. The van der Waals surface area contributed by atoms with Crippen molar-refractivity contribution < 1.29 is 24.5 Å². The summed E-state index contributed by atoms with van der Waals surface area (Å²) in [6, 6.07) is 18.8. The van der Waals surface area contributed by atoms with Gasteiger partial charge >= 0.3 is 11.9 Å². The Morgan fingerprint density at radius 1 is 0.931 bits per heavy atom. The molecule has 0 saturated carbocycles. The number of hydrogen-bond acceptors (Lipinski definition) is 5. The lowest BCUT2D eigenvalue weighted by Crippen LogP contribution is -2.23. The van der Waals surface area contributed by atoms with Crippen LogP contribution in [0.1, 0.15) is 12.0 Å². The Morgan fingerprint density at radius 2 is 1.62 bits per heavy atom. The molecule has 0 amide bonds. The Kier molecular flexibility index (Phi) is 6.61. The van der Waals surface area contributed by atoms with Gasteiger partial charge in [0.15, 0.2) is 0 Å². The molecule has 2 N–H and O–H groups in total. The molecule has 0 unspecified atom stereocenters. The summed E-state index contributed by atoms with van der Waals surface area (Å²) in [6.07, 6.45) is 0.462. The van der Waals surface area contributed by atoms with Gasteiger partial charge in [-0.2, -0.15) is 0 Å². The van der Waals surface area contributed by atoms with E-state index in [0.717, 1.165) is 32.7 Å².